The molecule has 1 amide bonds. The predicted molar refractivity (Wildman–Crippen MR) is 152 cm³/mol. The summed E-state index contributed by atoms with van der Waals surface area (Å²) in [5.74, 6) is 0.774. The number of benzene rings is 2. The van der Waals surface area contributed by atoms with Gasteiger partial charge in [-0.2, -0.15) is 0 Å². The number of rotatable bonds is 10. The number of thioether (sulfide) groups is 1. The van der Waals surface area contributed by atoms with Crippen molar-refractivity contribution in [3.8, 4) is 28.3 Å². The molecule has 0 fully saturated rings. The fraction of sp³-hybridized carbons (Fsp3) is 0.286. The summed E-state index contributed by atoms with van der Waals surface area (Å²) in [4.78, 5) is 25.7. The minimum atomic E-state index is -0.492. The summed E-state index contributed by atoms with van der Waals surface area (Å²) in [6, 6.07) is 13.8. The van der Waals surface area contributed by atoms with Gasteiger partial charge in [0.05, 0.1) is 25.0 Å². The molecule has 0 aliphatic carbocycles. The lowest BCUT2D eigenvalue weighted by atomic mass is 9.97. The van der Waals surface area contributed by atoms with Crippen LogP contribution in [0.1, 0.15) is 35.3 Å². The molecule has 10 heteroatoms. The van der Waals surface area contributed by atoms with Gasteiger partial charge in [0.1, 0.15) is 16.3 Å². The number of amides is 1. The van der Waals surface area contributed by atoms with Gasteiger partial charge >= 0.3 is 5.97 Å². The molecule has 0 unspecified atom stereocenters. The number of carbonyl (C=O) groups is 2. The zero-order valence-corrected chi connectivity index (χ0v) is 23.7. The van der Waals surface area contributed by atoms with Crippen molar-refractivity contribution in [2.45, 2.75) is 39.4 Å². The first-order chi connectivity index (χ1) is 18.4. The predicted octanol–water partition coefficient (Wildman–Crippen LogP) is 6.23. The Kier molecular flexibility index (Phi) is 8.85. The standard InChI is InChI=1S/C28H30N4O4S2/c1-6-32-25(19-10-8-9-11-22(19)36-7-2)30-31-28(32)38-16-23(33)29-26-24(27(34)35-5)21(15-37-26)20-14-17(3)12-13-18(20)4/h8-15H,6-7,16H2,1-5H3,(H,29,33). The molecule has 0 atom stereocenters. The van der Waals surface area contributed by atoms with E-state index in [1.807, 2.05) is 80.1 Å². The zero-order valence-electron chi connectivity index (χ0n) is 22.0. The van der Waals surface area contributed by atoms with Gasteiger partial charge in [-0.25, -0.2) is 4.79 Å². The van der Waals surface area contributed by atoms with Crippen molar-refractivity contribution in [3.63, 3.8) is 0 Å². The molecule has 8 nitrogen and oxygen atoms in total. The molecule has 4 rings (SSSR count). The number of thiophene rings is 1. The smallest absolute Gasteiger partial charge is 0.341 e. The normalized spacial score (nSPS) is 10.9. The topological polar surface area (TPSA) is 95.3 Å². The average molecular weight is 551 g/mol. The Morgan fingerprint density at radius 3 is 2.58 bits per heavy atom. The molecule has 0 radical (unpaired) electrons. The average Bonchev–Trinajstić information content (AvgIpc) is 3.52. The molecule has 2 heterocycles. The number of hydrogen-bond donors (Lipinski definition) is 1. The second-order valence-corrected chi connectivity index (χ2v) is 10.3. The molecular weight excluding hydrogens is 520 g/mol. The summed E-state index contributed by atoms with van der Waals surface area (Å²) in [5, 5.41) is 14.6. The molecular formula is C28H30N4O4S2. The molecule has 0 saturated heterocycles. The molecule has 198 valence electrons. The van der Waals surface area contributed by atoms with Crippen molar-refractivity contribution >= 4 is 40.0 Å². The third-order valence-electron chi connectivity index (χ3n) is 5.91. The number of nitrogens with zero attached hydrogens (tertiary/aromatic N) is 3. The molecule has 0 bridgehead atoms. The van der Waals surface area contributed by atoms with E-state index in [2.05, 4.69) is 15.5 Å². The van der Waals surface area contributed by atoms with Gasteiger partial charge in [-0.1, -0.05) is 47.7 Å². The number of ether oxygens (including phenoxy) is 2. The van der Waals surface area contributed by atoms with Gasteiger partial charge in [0.2, 0.25) is 5.91 Å². The van der Waals surface area contributed by atoms with E-state index in [0.717, 1.165) is 33.6 Å². The maximum atomic E-state index is 13.0. The highest BCUT2D eigenvalue weighted by Crippen LogP contribution is 2.38. The van der Waals surface area contributed by atoms with Gasteiger partial charge in [-0.15, -0.1) is 21.5 Å². The Hall–Kier alpha value is -3.63. The maximum absolute atomic E-state index is 13.0. The third kappa shape index (κ3) is 5.76. The monoisotopic (exact) mass is 550 g/mol. The fourth-order valence-electron chi connectivity index (χ4n) is 4.08. The van der Waals surface area contributed by atoms with Crippen LogP contribution in [0.3, 0.4) is 0 Å². The van der Waals surface area contributed by atoms with Crippen molar-refractivity contribution in [2.75, 3.05) is 24.8 Å². The summed E-state index contributed by atoms with van der Waals surface area (Å²) in [6.07, 6.45) is 0. The van der Waals surface area contributed by atoms with Crippen molar-refractivity contribution in [1.82, 2.24) is 14.8 Å². The van der Waals surface area contributed by atoms with Crippen LogP contribution in [0.5, 0.6) is 5.75 Å². The largest absolute Gasteiger partial charge is 0.493 e. The van der Waals surface area contributed by atoms with E-state index in [1.54, 1.807) is 0 Å². The van der Waals surface area contributed by atoms with E-state index in [9.17, 15) is 9.59 Å². The molecule has 2 aromatic carbocycles. The molecule has 4 aromatic rings. The number of anilines is 1. The number of methoxy groups -OCH3 is 1. The number of aryl methyl sites for hydroxylation is 2. The first-order valence-corrected chi connectivity index (χ1v) is 14.1. The summed E-state index contributed by atoms with van der Waals surface area (Å²) >= 11 is 2.59. The summed E-state index contributed by atoms with van der Waals surface area (Å²) in [6.45, 7) is 9.11. The van der Waals surface area contributed by atoms with Crippen LogP contribution in [0.2, 0.25) is 0 Å². The van der Waals surface area contributed by atoms with Crippen LogP contribution >= 0.6 is 23.1 Å². The van der Waals surface area contributed by atoms with Crippen molar-refractivity contribution in [2.24, 2.45) is 0 Å². The third-order valence-corrected chi connectivity index (χ3v) is 7.77. The minimum absolute atomic E-state index is 0.0998. The number of esters is 1. The van der Waals surface area contributed by atoms with Crippen molar-refractivity contribution in [1.29, 1.82) is 0 Å². The van der Waals surface area contributed by atoms with Crippen LogP contribution in [0.4, 0.5) is 5.00 Å². The zero-order chi connectivity index (χ0) is 27.2. The van der Waals surface area contributed by atoms with Gasteiger partial charge < -0.3 is 19.4 Å². The summed E-state index contributed by atoms with van der Waals surface area (Å²) < 4.78 is 12.8. The van der Waals surface area contributed by atoms with Crippen LogP contribution in [0.25, 0.3) is 22.5 Å². The number of hydrogen-bond acceptors (Lipinski definition) is 8. The van der Waals surface area contributed by atoms with Crippen LogP contribution in [0.15, 0.2) is 53.0 Å². The highest BCUT2D eigenvalue weighted by atomic mass is 32.2. The highest BCUT2D eigenvalue weighted by molar-refractivity contribution is 7.99. The lowest BCUT2D eigenvalue weighted by Crippen LogP contribution is -2.16. The molecule has 38 heavy (non-hydrogen) atoms. The van der Waals surface area contributed by atoms with E-state index >= 15 is 0 Å². The molecule has 0 aliphatic heterocycles. The molecule has 0 saturated carbocycles. The Labute approximate surface area is 230 Å². The Balaban J connectivity index is 1.54. The van der Waals surface area contributed by atoms with Crippen molar-refractivity contribution in [3.05, 3.63) is 64.5 Å². The van der Waals surface area contributed by atoms with E-state index in [4.69, 9.17) is 9.47 Å². The second-order valence-electron chi connectivity index (χ2n) is 8.48. The Bertz CT molecular complexity index is 1460. The maximum Gasteiger partial charge on any atom is 0.341 e. The molecule has 2 aromatic heterocycles. The molecule has 0 spiro atoms. The molecule has 1 N–H and O–H groups in total. The number of nitrogens with one attached hydrogen (secondary N) is 1. The van der Waals surface area contributed by atoms with Crippen LogP contribution in [0, 0.1) is 13.8 Å². The van der Waals surface area contributed by atoms with Gasteiger partial charge in [-0.05, 0) is 51.0 Å². The lowest BCUT2D eigenvalue weighted by molar-refractivity contribution is -0.113. The minimum Gasteiger partial charge on any atom is -0.493 e. The summed E-state index contributed by atoms with van der Waals surface area (Å²) in [5.41, 5.74) is 5.00. The van der Waals surface area contributed by atoms with E-state index in [1.165, 1.54) is 30.2 Å². The fourth-order valence-corrected chi connectivity index (χ4v) is 5.85. The van der Waals surface area contributed by atoms with E-state index in [-0.39, 0.29) is 11.7 Å². The second kappa shape index (κ2) is 12.3. The van der Waals surface area contributed by atoms with Gasteiger partial charge in [0.25, 0.3) is 0 Å². The Morgan fingerprint density at radius 2 is 1.84 bits per heavy atom. The van der Waals surface area contributed by atoms with E-state index < -0.39 is 5.97 Å². The SMILES string of the molecule is CCOc1ccccc1-c1nnc(SCC(=O)Nc2scc(-c3cc(C)ccc3C)c2C(=O)OC)n1CC. The molecule has 0 aliphatic rings. The van der Waals surface area contributed by atoms with E-state index in [0.29, 0.717) is 34.7 Å². The van der Waals surface area contributed by atoms with Gasteiger partial charge in [-0.3, -0.25) is 4.79 Å². The first kappa shape index (κ1) is 27.4. The van der Waals surface area contributed by atoms with Crippen LogP contribution in [-0.2, 0) is 16.1 Å². The Morgan fingerprint density at radius 1 is 1.05 bits per heavy atom. The van der Waals surface area contributed by atoms with Crippen LogP contribution < -0.4 is 10.1 Å². The highest BCUT2D eigenvalue weighted by Gasteiger charge is 2.24. The van der Waals surface area contributed by atoms with Gasteiger partial charge in [0, 0.05) is 17.5 Å². The first-order valence-electron chi connectivity index (χ1n) is 12.2. The number of para-hydroxylation sites is 1. The van der Waals surface area contributed by atoms with Gasteiger partial charge in [0.15, 0.2) is 11.0 Å². The van der Waals surface area contributed by atoms with Crippen LogP contribution in [-0.4, -0.2) is 46.1 Å². The lowest BCUT2D eigenvalue weighted by Gasteiger charge is -2.12. The number of carbonyl (C=O) groups excluding carboxylic acids is 2. The summed E-state index contributed by atoms with van der Waals surface area (Å²) in [7, 11) is 1.34. The quantitative estimate of drug-likeness (QED) is 0.185. The van der Waals surface area contributed by atoms with Crippen molar-refractivity contribution < 1.29 is 19.1 Å². The number of aromatic nitrogens is 3.